The SMILES string of the molecule is CCNC(CCCc1cc(Br)cs1)c1ccccc1. The van der Waals surface area contributed by atoms with Crippen LogP contribution in [0.15, 0.2) is 46.3 Å². The Balaban J connectivity index is 1.87. The van der Waals surface area contributed by atoms with Crippen molar-refractivity contribution in [3.8, 4) is 0 Å². The summed E-state index contributed by atoms with van der Waals surface area (Å²) < 4.78 is 1.21. The minimum Gasteiger partial charge on any atom is -0.310 e. The average molecular weight is 338 g/mol. The molecular weight excluding hydrogens is 318 g/mol. The Morgan fingerprint density at radius 3 is 2.68 bits per heavy atom. The molecule has 0 bridgehead atoms. The summed E-state index contributed by atoms with van der Waals surface area (Å²) in [6.07, 6.45) is 3.58. The van der Waals surface area contributed by atoms with Gasteiger partial charge in [-0.25, -0.2) is 0 Å². The van der Waals surface area contributed by atoms with Gasteiger partial charge < -0.3 is 5.32 Å². The molecule has 2 rings (SSSR count). The highest BCUT2D eigenvalue weighted by atomic mass is 79.9. The highest BCUT2D eigenvalue weighted by molar-refractivity contribution is 9.10. The lowest BCUT2D eigenvalue weighted by atomic mass is 10.0. The summed E-state index contributed by atoms with van der Waals surface area (Å²) in [7, 11) is 0. The summed E-state index contributed by atoms with van der Waals surface area (Å²) in [5, 5.41) is 5.75. The highest BCUT2D eigenvalue weighted by Gasteiger charge is 2.09. The molecule has 3 heteroatoms. The number of benzene rings is 1. The first-order chi connectivity index (χ1) is 9.29. The van der Waals surface area contributed by atoms with Gasteiger partial charge in [0.25, 0.3) is 0 Å². The smallest absolute Gasteiger partial charge is 0.0320 e. The Morgan fingerprint density at radius 2 is 2.05 bits per heavy atom. The van der Waals surface area contributed by atoms with Crippen LogP contribution >= 0.6 is 27.3 Å². The molecule has 0 aliphatic heterocycles. The molecule has 0 saturated carbocycles. The van der Waals surface area contributed by atoms with Crippen LogP contribution in [0.5, 0.6) is 0 Å². The maximum absolute atomic E-state index is 3.58. The van der Waals surface area contributed by atoms with Gasteiger partial charge in [0.05, 0.1) is 0 Å². The molecule has 0 amide bonds. The molecule has 1 N–H and O–H groups in total. The zero-order valence-electron chi connectivity index (χ0n) is 11.2. The number of rotatable bonds is 7. The van der Waals surface area contributed by atoms with Gasteiger partial charge in [0.1, 0.15) is 0 Å². The zero-order valence-corrected chi connectivity index (χ0v) is 13.6. The van der Waals surface area contributed by atoms with E-state index in [1.54, 1.807) is 0 Å². The predicted octanol–water partition coefficient (Wildman–Crippen LogP) is 5.18. The van der Waals surface area contributed by atoms with E-state index in [1.165, 1.54) is 34.2 Å². The molecule has 19 heavy (non-hydrogen) atoms. The molecule has 1 unspecified atom stereocenters. The molecule has 1 aromatic heterocycles. The molecule has 0 spiro atoms. The lowest BCUT2D eigenvalue weighted by Crippen LogP contribution is -2.20. The fraction of sp³-hybridized carbons (Fsp3) is 0.375. The van der Waals surface area contributed by atoms with E-state index in [0.29, 0.717) is 6.04 Å². The topological polar surface area (TPSA) is 12.0 Å². The molecule has 0 radical (unpaired) electrons. The summed E-state index contributed by atoms with van der Waals surface area (Å²) in [4.78, 5) is 1.47. The first-order valence-electron chi connectivity index (χ1n) is 6.81. The Labute approximate surface area is 128 Å². The van der Waals surface area contributed by atoms with Crippen molar-refractivity contribution < 1.29 is 0 Å². The highest BCUT2D eigenvalue weighted by Crippen LogP contribution is 2.24. The van der Waals surface area contributed by atoms with E-state index in [0.717, 1.165) is 6.54 Å². The molecular formula is C16H20BrNS. The minimum atomic E-state index is 0.481. The molecule has 0 aliphatic rings. The third kappa shape index (κ3) is 4.75. The van der Waals surface area contributed by atoms with E-state index < -0.39 is 0 Å². The average Bonchev–Trinajstić information content (AvgIpc) is 2.84. The van der Waals surface area contributed by atoms with Gasteiger partial charge in [-0.2, -0.15) is 0 Å². The van der Waals surface area contributed by atoms with Crippen molar-refractivity contribution in [2.45, 2.75) is 32.2 Å². The van der Waals surface area contributed by atoms with E-state index in [-0.39, 0.29) is 0 Å². The Bertz CT molecular complexity index is 481. The van der Waals surface area contributed by atoms with E-state index >= 15 is 0 Å². The van der Waals surface area contributed by atoms with Crippen LogP contribution in [0.4, 0.5) is 0 Å². The minimum absolute atomic E-state index is 0.481. The maximum atomic E-state index is 3.58. The summed E-state index contributed by atoms with van der Waals surface area (Å²) in [5.41, 5.74) is 1.40. The van der Waals surface area contributed by atoms with Crippen molar-refractivity contribution in [2.24, 2.45) is 0 Å². The third-order valence-electron chi connectivity index (χ3n) is 3.19. The van der Waals surface area contributed by atoms with Gasteiger partial charge in [-0.05, 0) is 53.4 Å². The molecule has 1 heterocycles. The predicted molar refractivity (Wildman–Crippen MR) is 87.8 cm³/mol. The van der Waals surface area contributed by atoms with Crippen molar-refractivity contribution in [3.63, 3.8) is 0 Å². The summed E-state index contributed by atoms with van der Waals surface area (Å²) in [6, 6.07) is 13.5. The van der Waals surface area contributed by atoms with E-state index in [9.17, 15) is 0 Å². The fourth-order valence-corrected chi connectivity index (χ4v) is 3.78. The number of halogens is 1. The number of aryl methyl sites for hydroxylation is 1. The number of thiophene rings is 1. The van der Waals surface area contributed by atoms with Crippen molar-refractivity contribution in [2.75, 3.05) is 6.54 Å². The standard InChI is InChI=1S/C16H20BrNS/c1-2-18-16(13-7-4-3-5-8-13)10-6-9-15-11-14(17)12-19-15/h3-5,7-8,11-12,16,18H,2,6,9-10H2,1H3. The molecule has 0 fully saturated rings. The maximum Gasteiger partial charge on any atom is 0.0320 e. The normalized spacial score (nSPS) is 12.5. The number of nitrogens with one attached hydrogen (secondary N) is 1. The van der Waals surface area contributed by atoms with Gasteiger partial charge in [-0.15, -0.1) is 11.3 Å². The van der Waals surface area contributed by atoms with Crippen LogP contribution in [-0.2, 0) is 6.42 Å². The number of hydrogen-bond acceptors (Lipinski definition) is 2. The van der Waals surface area contributed by atoms with E-state index in [1.807, 2.05) is 11.3 Å². The third-order valence-corrected chi connectivity index (χ3v) is 4.95. The Kier molecular flexibility index (Phi) is 6.08. The van der Waals surface area contributed by atoms with Crippen LogP contribution in [-0.4, -0.2) is 6.54 Å². The quantitative estimate of drug-likeness (QED) is 0.733. The molecule has 1 atom stereocenters. The fourth-order valence-electron chi connectivity index (χ4n) is 2.28. The second-order valence-corrected chi connectivity index (χ2v) is 6.56. The van der Waals surface area contributed by atoms with Crippen LogP contribution < -0.4 is 5.32 Å². The Hall–Kier alpha value is -0.640. The summed E-state index contributed by atoms with van der Waals surface area (Å²) in [6.45, 7) is 3.19. The van der Waals surface area contributed by atoms with Crippen LogP contribution in [0.1, 0.15) is 36.2 Å². The largest absolute Gasteiger partial charge is 0.310 e. The monoisotopic (exact) mass is 337 g/mol. The van der Waals surface area contributed by atoms with Gasteiger partial charge in [0, 0.05) is 20.8 Å². The second-order valence-electron chi connectivity index (χ2n) is 4.64. The Morgan fingerprint density at radius 1 is 1.26 bits per heavy atom. The van der Waals surface area contributed by atoms with Gasteiger partial charge in [0.2, 0.25) is 0 Å². The summed E-state index contributed by atoms with van der Waals surface area (Å²) in [5.74, 6) is 0. The molecule has 2 aromatic rings. The molecule has 0 saturated heterocycles. The second kappa shape index (κ2) is 7.83. The zero-order chi connectivity index (χ0) is 13.5. The van der Waals surface area contributed by atoms with E-state index in [4.69, 9.17) is 0 Å². The molecule has 102 valence electrons. The lowest BCUT2D eigenvalue weighted by molar-refractivity contribution is 0.499. The van der Waals surface area contributed by atoms with Gasteiger partial charge in [-0.3, -0.25) is 0 Å². The van der Waals surface area contributed by atoms with Crippen molar-refractivity contribution in [1.29, 1.82) is 0 Å². The van der Waals surface area contributed by atoms with Gasteiger partial charge in [-0.1, -0.05) is 37.3 Å². The van der Waals surface area contributed by atoms with Crippen LogP contribution in [0, 0.1) is 0 Å². The van der Waals surface area contributed by atoms with Crippen molar-refractivity contribution in [3.05, 3.63) is 56.7 Å². The molecule has 0 aliphatic carbocycles. The summed E-state index contributed by atoms with van der Waals surface area (Å²) >= 11 is 5.36. The number of hydrogen-bond donors (Lipinski definition) is 1. The van der Waals surface area contributed by atoms with Gasteiger partial charge >= 0.3 is 0 Å². The van der Waals surface area contributed by atoms with E-state index in [2.05, 4.69) is 69.9 Å². The van der Waals surface area contributed by atoms with Crippen LogP contribution in [0.2, 0.25) is 0 Å². The van der Waals surface area contributed by atoms with Crippen LogP contribution in [0.3, 0.4) is 0 Å². The molecule has 1 aromatic carbocycles. The first-order valence-corrected chi connectivity index (χ1v) is 8.48. The van der Waals surface area contributed by atoms with Crippen molar-refractivity contribution in [1.82, 2.24) is 5.32 Å². The lowest BCUT2D eigenvalue weighted by Gasteiger charge is -2.18. The van der Waals surface area contributed by atoms with Crippen LogP contribution in [0.25, 0.3) is 0 Å². The van der Waals surface area contributed by atoms with Gasteiger partial charge in [0.15, 0.2) is 0 Å². The molecule has 1 nitrogen and oxygen atoms in total. The van der Waals surface area contributed by atoms with Crippen molar-refractivity contribution >= 4 is 27.3 Å². The first kappa shape index (κ1) is 14.8.